The number of ether oxygens (including phenoxy) is 1. The van der Waals surface area contributed by atoms with Gasteiger partial charge in [-0.15, -0.1) is 0 Å². The van der Waals surface area contributed by atoms with Gasteiger partial charge in [-0.3, -0.25) is 0 Å². The van der Waals surface area contributed by atoms with E-state index in [1.165, 1.54) is 32.5 Å². The molecule has 0 N–H and O–H groups in total. The van der Waals surface area contributed by atoms with Gasteiger partial charge in [0.1, 0.15) is 5.75 Å². The molecule has 1 aliphatic carbocycles. The molecule has 1 aliphatic heterocycles. The second-order valence-electron chi connectivity index (χ2n) is 6.57. The first-order chi connectivity index (χ1) is 8.63. The fraction of sp³-hybridized carbons (Fsp3) is 0.625. The molecule has 3 rings (SSSR count). The summed E-state index contributed by atoms with van der Waals surface area (Å²) >= 11 is 0. The lowest BCUT2D eigenvalue weighted by Crippen LogP contribution is -2.65. The van der Waals surface area contributed by atoms with E-state index in [9.17, 15) is 0 Å². The quantitative estimate of drug-likeness (QED) is 0.807. The normalized spacial score (nSPS) is 24.3. The van der Waals surface area contributed by atoms with Gasteiger partial charge in [-0.25, -0.2) is 0 Å². The highest BCUT2D eigenvalue weighted by molar-refractivity contribution is 5.21. The molecule has 0 radical (unpaired) electrons. The predicted molar refractivity (Wildman–Crippen MR) is 73.8 cm³/mol. The van der Waals surface area contributed by atoms with Gasteiger partial charge < -0.3 is 9.64 Å². The first-order valence-corrected chi connectivity index (χ1v) is 7.03. The molecule has 1 aromatic carbocycles. The zero-order valence-corrected chi connectivity index (χ0v) is 11.5. The molecule has 18 heavy (non-hydrogen) atoms. The summed E-state index contributed by atoms with van der Waals surface area (Å²) in [5.41, 5.74) is 1.04. The number of rotatable bonds is 4. The standard InChI is InChI=1S/C16H23NO/c1-3-17-11-16(12-17)9-15(2,10-16)13-18-14-7-5-4-6-8-14/h4-8H,3,9-13H2,1-2H3. The zero-order chi connectivity index (χ0) is 12.6. The Morgan fingerprint density at radius 3 is 2.44 bits per heavy atom. The van der Waals surface area contributed by atoms with Crippen LogP contribution in [0, 0.1) is 10.8 Å². The van der Waals surface area contributed by atoms with Gasteiger partial charge in [0.05, 0.1) is 6.61 Å². The Morgan fingerprint density at radius 2 is 1.83 bits per heavy atom. The largest absolute Gasteiger partial charge is 0.493 e. The summed E-state index contributed by atoms with van der Waals surface area (Å²) in [6, 6.07) is 10.2. The summed E-state index contributed by atoms with van der Waals surface area (Å²) < 4.78 is 5.91. The van der Waals surface area contributed by atoms with Gasteiger partial charge in [-0.2, -0.15) is 0 Å². The van der Waals surface area contributed by atoms with Crippen LogP contribution in [0.1, 0.15) is 26.7 Å². The van der Waals surface area contributed by atoms with E-state index in [4.69, 9.17) is 4.74 Å². The number of likely N-dealkylation sites (tertiary alicyclic amines) is 1. The fourth-order valence-corrected chi connectivity index (χ4v) is 3.98. The van der Waals surface area contributed by atoms with E-state index < -0.39 is 0 Å². The molecule has 0 bridgehead atoms. The Balaban J connectivity index is 1.48. The maximum absolute atomic E-state index is 5.91. The molecular weight excluding hydrogens is 222 g/mol. The molecule has 2 nitrogen and oxygen atoms in total. The molecule has 1 saturated carbocycles. The molecule has 0 aromatic heterocycles. The van der Waals surface area contributed by atoms with Crippen LogP contribution in [0.15, 0.2) is 30.3 Å². The lowest BCUT2D eigenvalue weighted by Gasteiger charge is -2.63. The first-order valence-electron chi connectivity index (χ1n) is 7.03. The number of para-hydroxylation sites is 1. The van der Waals surface area contributed by atoms with E-state index in [1.54, 1.807) is 0 Å². The molecular formula is C16H23NO. The van der Waals surface area contributed by atoms with Crippen molar-refractivity contribution in [2.45, 2.75) is 26.7 Å². The average Bonchev–Trinajstić information content (AvgIpc) is 2.31. The SMILES string of the molecule is CCN1CC2(C1)CC(C)(COc1ccccc1)C2. The third-order valence-electron chi connectivity index (χ3n) is 4.50. The van der Waals surface area contributed by atoms with Crippen molar-refractivity contribution in [3.63, 3.8) is 0 Å². The van der Waals surface area contributed by atoms with E-state index in [0.29, 0.717) is 10.8 Å². The van der Waals surface area contributed by atoms with Crippen molar-refractivity contribution in [1.82, 2.24) is 4.90 Å². The van der Waals surface area contributed by atoms with Crippen molar-refractivity contribution in [2.75, 3.05) is 26.2 Å². The second-order valence-corrected chi connectivity index (χ2v) is 6.57. The summed E-state index contributed by atoms with van der Waals surface area (Å²) in [4.78, 5) is 2.54. The summed E-state index contributed by atoms with van der Waals surface area (Å²) in [6.07, 6.45) is 2.67. The predicted octanol–water partition coefficient (Wildman–Crippen LogP) is 3.19. The van der Waals surface area contributed by atoms with Crippen LogP contribution in [-0.4, -0.2) is 31.1 Å². The highest BCUT2D eigenvalue weighted by Crippen LogP contribution is 2.58. The zero-order valence-electron chi connectivity index (χ0n) is 11.5. The van der Waals surface area contributed by atoms with Gasteiger partial charge in [-0.1, -0.05) is 32.0 Å². The van der Waals surface area contributed by atoms with Crippen LogP contribution < -0.4 is 4.74 Å². The van der Waals surface area contributed by atoms with E-state index in [-0.39, 0.29) is 0 Å². The van der Waals surface area contributed by atoms with Crippen molar-refractivity contribution in [3.05, 3.63) is 30.3 Å². The van der Waals surface area contributed by atoms with Crippen LogP contribution in [-0.2, 0) is 0 Å². The number of nitrogens with zero attached hydrogens (tertiary/aromatic N) is 1. The summed E-state index contributed by atoms with van der Waals surface area (Å²) in [5.74, 6) is 1.00. The maximum Gasteiger partial charge on any atom is 0.119 e. The van der Waals surface area contributed by atoms with Crippen LogP contribution in [0.3, 0.4) is 0 Å². The van der Waals surface area contributed by atoms with Gasteiger partial charge in [-0.05, 0) is 36.9 Å². The second kappa shape index (κ2) is 4.27. The van der Waals surface area contributed by atoms with Gasteiger partial charge in [0.15, 0.2) is 0 Å². The van der Waals surface area contributed by atoms with Crippen molar-refractivity contribution in [1.29, 1.82) is 0 Å². The minimum atomic E-state index is 0.398. The molecule has 98 valence electrons. The molecule has 2 heteroatoms. The topological polar surface area (TPSA) is 12.5 Å². The molecule has 1 heterocycles. The van der Waals surface area contributed by atoms with E-state index >= 15 is 0 Å². The Morgan fingerprint density at radius 1 is 1.17 bits per heavy atom. The third kappa shape index (κ3) is 2.14. The van der Waals surface area contributed by atoms with Gasteiger partial charge >= 0.3 is 0 Å². The van der Waals surface area contributed by atoms with Gasteiger partial charge in [0.2, 0.25) is 0 Å². The Kier molecular flexibility index (Phi) is 2.86. The summed E-state index contributed by atoms with van der Waals surface area (Å²) in [6.45, 7) is 9.32. The molecule has 2 aliphatic rings. The van der Waals surface area contributed by atoms with E-state index in [0.717, 1.165) is 12.4 Å². The molecule has 0 amide bonds. The van der Waals surface area contributed by atoms with E-state index in [1.807, 2.05) is 30.3 Å². The van der Waals surface area contributed by atoms with Gasteiger partial charge in [0.25, 0.3) is 0 Å². The maximum atomic E-state index is 5.91. The highest BCUT2D eigenvalue weighted by atomic mass is 16.5. The minimum absolute atomic E-state index is 0.398. The summed E-state index contributed by atoms with van der Waals surface area (Å²) in [7, 11) is 0. The van der Waals surface area contributed by atoms with Crippen LogP contribution >= 0.6 is 0 Å². The van der Waals surface area contributed by atoms with Crippen LogP contribution in [0.2, 0.25) is 0 Å². The van der Waals surface area contributed by atoms with Crippen LogP contribution in [0.5, 0.6) is 5.75 Å². The molecule has 0 unspecified atom stereocenters. The van der Waals surface area contributed by atoms with Crippen LogP contribution in [0.4, 0.5) is 0 Å². The smallest absolute Gasteiger partial charge is 0.119 e. The number of hydrogen-bond acceptors (Lipinski definition) is 2. The first kappa shape index (κ1) is 12.0. The highest BCUT2D eigenvalue weighted by Gasteiger charge is 2.57. The van der Waals surface area contributed by atoms with Crippen molar-refractivity contribution >= 4 is 0 Å². The van der Waals surface area contributed by atoms with Crippen molar-refractivity contribution in [3.8, 4) is 5.75 Å². The van der Waals surface area contributed by atoms with E-state index in [2.05, 4.69) is 18.7 Å². The Bertz CT molecular complexity index is 400. The minimum Gasteiger partial charge on any atom is -0.493 e. The van der Waals surface area contributed by atoms with Crippen molar-refractivity contribution in [2.24, 2.45) is 10.8 Å². The molecule has 1 aromatic rings. The monoisotopic (exact) mass is 245 g/mol. The summed E-state index contributed by atoms with van der Waals surface area (Å²) in [5, 5.41) is 0. The lowest BCUT2D eigenvalue weighted by molar-refractivity contribution is -0.146. The van der Waals surface area contributed by atoms with Crippen LogP contribution in [0.25, 0.3) is 0 Å². The average molecular weight is 245 g/mol. The lowest BCUT2D eigenvalue weighted by atomic mass is 9.50. The van der Waals surface area contributed by atoms with Crippen molar-refractivity contribution < 1.29 is 4.74 Å². The number of benzene rings is 1. The fourth-order valence-electron chi connectivity index (χ4n) is 3.98. The Labute approximate surface area is 110 Å². The number of hydrogen-bond donors (Lipinski definition) is 0. The Hall–Kier alpha value is -1.02. The molecule has 1 spiro atoms. The molecule has 1 saturated heterocycles. The molecule has 2 fully saturated rings. The molecule has 0 atom stereocenters. The van der Waals surface area contributed by atoms with Gasteiger partial charge in [0, 0.05) is 18.5 Å². The third-order valence-corrected chi connectivity index (χ3v) is 4.50.